The van der Waals surface area contributed by atoms with Gasteiger partial charge in [0.15, 0.2) is 17.5 Å². The summed E-state index contributed by atoms with van der Waals surface area (Å²) in [5, 5.41) is 26.3. The molecule has 0 radical (unpaired) electrons. The van der Waals surface area contributed by atoms with Gasteiger partial charge in [0, 0.05) is 55.2 Å². The molecule has 0 bridgehead atoms. The van der Waals surface area contributed by atoms with Crippen LogP contribution >= 0.6 is 0 Å². The maximum absolute atomic E-state index is 11.0. The standard InChI is InChI=1S/C69H63N7/c1-66(2,3)45-23-30-59-54(34-45)55-35-46(67(4,5)6)24-31-60(55)75(59)49-27-22-44(41-71)53(38-49)64-72-63(42-18-14-13-15-19-42)73-65(74-64)58-39-50(28-29-52(58)51-21-17-16-20-43(51)40-70)76-61-32-25-47(68(7,8)9)36-56(61)57-37-48(69(10,11)12)26-33-62(57)76/h13-39H,1-12H3. The molecule has 0 spiro atoms. The minimum absolute atomic E-state index is 0.0510. The first-order valence-electron chi connectivity index (χ1n) is 26.3. The number of hydrogen-bond donors (Lipinski definition) is 0. The van der Waals surface area contributed by atoms with E-state index in [1.165, 1.54) is 43.8 Å². The maximum Gasteiger partial charge on any atom is 0.165 e. The summed E-state index contributed by atoms with van der Waals surface area (Å²) in [6.45, 7) is 27.1. The second-order valence-electron chi connectivity index (χ2n) is 24.5. The molecule has 7 heteroatoms. The molecule has 11 aromatic rings. The van der Waals surface area contributed by atoms with Crippen molar-refractivity contribution in [3.63, 3.8) is 0 Å². The van der Waals surface area contributed by atoms with E-state index in [0.29, 0.717) is 34.2 Å². The molecule has 3 heterocycles. The molecule has 0 aliphatic rings. The normalized spacial score (nSPS) is 12.4. The van der Waals surface area contributed by atoms with Gasteiger partial charge in [0.25, 0.3) is 0 Å². The highest BCUT2D eigenvalue weighted by molar-refractivity contribution is 6.11. The molecule has 76 heavy (non-hydrogen) atoms. The van der Waals surface area contributed by atoms with Gasteiger partial charge in [0.05, 0.1) is 45.3 Å². The van der Waals surface area contributed by atoms with Gasteiger partial charge in [-0.05, 0) is 134 Å². The SMILES string of the molecule is CC(C)(C)c1ccc2c(c1)c1cc(C(C)(C)C)ccc1n2-c1ccc(C#N)c(-c2nc(-c3ccccc3)nc(-c3cc(-n4c5ccc(C(C)(C)C)cc5c5cc(C(C)(C)C)ccc54)ccc3-c3ccccc3C#N)n2)c1. The summed E-state index contributed by atoms with van der Waals surface area (Å²) in [4.78, 5) is 16.0. The molecule has 0 aliphatic carbocycles. The van der Waals surface area contributed by atoms with Gasteiger partial charge in [0.1, 0.15) is 0 Å². The molecule has 0 unspecified atom stereocenters. The lowest BCUT2D eigenvalue weighted by Crippen LogP contribution is -2.10. The molecule has 0 atom stereocenters. The van der Waals surface area contributed by atoms with Crippen molar-refractivity contribution in [3.8, 4) is 68.8 Å². The van der Waals surface area contributed by atoms with E-state index in [1.54, 1.807) is 0 Å². The van der Waals surface area contributed by atoms with Crippen LogP contribution in [-0.2, 0) is 21.7 Å². The maximum atomic E-state index is 11.0. The van der Waals surface area contributed by atoms with Crippen molar-refractivity contribution in [2.45, 2.75) is 105 Å². The fraction of sp³-hybridized carbons (Fsp3) is 0.232. The molecule has 11 rings (SSSR count). The Kier molecular flexibility index (Phi) is 11.8. The number of hydrogen-bond acceptors (Lipinski definition) is 5. The van der Waals surface area contributed by atoms with Crippen LogP contribution in [0.25, 0.3) is 100 Å². The van der Waals surface area contributed by atoms with Crippen LogP contribution < -0.4 is 0 Å². The lowest BCUT2D eigenvalue weighted by Gasteiger charge is -2.19. The van der Waals surface area contributed by atoms with E-state index in [2.05, 4.69) is 201 Å². The van der Waals surface area contributed by atoms with Crippen molar-refractivity contribution in [1.29, 1.82) is 10.5 Å². The molecular formula is C69H63N7. The van der Waals surface area contributed by atoms with Gasteiger partial charge in [-0.2, -0.15) is 10.5 Å². The van der Waals surface area contributed by atoms with Crippen LogP contribution in [0.3, 0.4) is 0 Å². The number of rotatable bonds is 6. The molecule has 3 aromatic heterocycles. The highest BCUT2D eigenvalue weighted by Gasteiger charge is 2.26. The van der Waals surface area contributed by atoms with E-state index in [9.17, 15) is 10.5 Å². The lowest BCUT2D eigenvalue weighted by molar-refractivity contribution is 0.590. The van der Waals surface area contributed by atoms with Gasteiger partial charge in [-0.3, -0.25) is 0 Å². The molecule has 0 N–H and O–H groups in total. The first-order valence-corrected chi connectivity index (χ1v) is 26.3. The number of nitriles is 2. The van der Waals surface area contributed by atoms with Crippen LogP contribution in [0.1, 0.15) is 116 Å². The summed E-state index contributed by atoms with van der Waals surface area (Å²) in [5.41, 5.74) is 15.5. The molecule has 7 nitrogen and oxygen atoms in total. The Morgan fingerprint density at radius 2 is 0.697 bits per heavy atom. The number of benzene rings is 8. The predicted octanol–water partition coefficient (Wildman–Crippen LogP) is 17.7. The Morgan fingerprint density at radius 1 is 0.329 bits per heavy atom. The van der Waals surface area contributed by atoms with Crippen molar-refractivity contribution in [2.24, 2.45) is 0 Å². The van der Waals surface area contributed by atoms with Crippen LogP contribution in [0.15, 0.2) is 164 Å². The first kappa shape index (κ1) is 49.6. The highest BCUT2D eigenvalue weighted by Crippen LogP contribution is 2.43. The molecule has 8 aromatic carbocycles. The van der Waals surface area contributed by atoms with Crippen molar-refractivity contribution >= 4 is 43.6 Å². The molecule has 0 fully saturated rings. The summed E-state index contributed by atoms with van der Waals surface area (Å²) in [5.74, 6) is 1.23. The summed E-state index contributed by atoms with van der Waals surface area (Å²) in [6.07, 6.45) is 0. The van der Waals surface area contributed by atoms with Crippen LogP contribution in [0.2, 0.25) is 0 Å². The van der Waals surface area contributed by atoms with E-state index in [4.69, 9.17) is 15.0 Å². The van der Waals surface area contributed by atoms with Gasteiger partial charge in [0.2, 0.25) is 0 Å². The highest BCUT2D eigenvalue weighted by atomic mass is 15.0. The van der Waals surface area contributed by atoms with E-state index in [0.717, 1.165) is 55.7 Å². The Bertz CT molecular complexity index is 4080. The second kappa shape index (κ2) is 18.0. The third-order valence-corrected chi connectivity index (χ3v) is 15.1. The minimum Gasteiger partial charge on any atom is -0.309 e. The monoisotopic (exact) mass is 990 g/mol. The molecule has 374 valence electrons. The zero-order chi connectivity index (χ0) is 53.6. The topological polar surface area (TPSA) is 96.1 Å². The fourth-order valence-electron chi connectivity index (χ4n) is 10.7. The summed E-state index contributed by atoms with van der Waals surface area (Å²) in [7, 11) is 0. The smallest absolute Gasteiger partial charge is 0.165 e. The largest absolute Gasteiger partial charge is 0.309 e. The van der Waals surface area contributed by atoms with Crippen molar-refractivity contribution < 1.29 is 0 Å². The first-order chi connectivity index (χ1) is 36.1. The van der Waals surface area contributed by atoms with Crippen LogP contribution in [0.5, 0.6) is 0 Å². The van der Waals surface area contributed by atoms with Crippen LogP contribution in [0, 0.1) is 22.7 Å². The average molecular weight is 990 g/mol. The van der Waals surface area contributed by atoms with Gasteiger partial charge >= 0.3 is 0 Å². The average Bonchev–Trinajstić information content (AvgIpc) is 4.01. The molecular weight excluding hydrogens is 927 g/mol. The quantitative estimate of drug-likeness (QED) is 0.165. The van der Waals surface area contributed by atoms with Gasteiger partial charge in [-0.25, -0.2) is 15.0 Å². The van der Waals surface area contributed by atoms with Crippen molar-refractivity contribution in [2.75, 3.05) is 0 Å². The van der Waals surface area contributed by atoms with Crippen LogP contribution in [-0.4, -0.2) is 24.1 Å². The molecule has 0 saturated heterocycles. The number of nitrogens with zero attached hydrogens (tertiary/aromatic N) is 7. The predicted molar refractivity (Wildman–Crippen MR) is 314 cm³/mol. The third kappa shape index (κ3) is 8.70. The Hall–Kier alpha value is -8.65. The Balaban J connectivity index is 1.19. The lowest BCUT2D eigenvalue weighted by atomic mass is 9.85. The zero-order valence-corrected chi connectivity index (χ0v) is 45.7. The van der Waals surface area contributed by atoms with E-state index in [1.807, 2.05) is 66.7 Å². The molecule has 0 amide bonds. The fourth-order valence-corrected chi connectivity index (χ4v) is 10.7. The molecule has 0 aliphatic heterocycles. The van der Waals surface area contributed by atoms with Gasteiger partial charge < -0.3 is 9.13 Å². The van der Waals surface area contributed by atoms with E-state index >= 15 is 0 Å². The second-order valence-corrected chi connectivity index (χ2v) is 24.5. The zero-order valence-electron chi connectivity index (χ0n) is 45.7. The Labute approximate surface area is 446 Å². The van der Waals surface area contributed by atoms with Gasteiger partial charge in [-0.1, -0.05) is 162 Å². The Morgan fingerprint density at radius 3 is 1.13 bits per heavy atom. The minimum atomic E-state index is -0.0548. The summed E-state index contributed by atoms with van der Waals surface area (Å²) >= 11 is 0. The van der Waals surface area contributed by atoms with Crippen molar-refractivity contribution in [3.05, 3.63) is 197 Å². The summed E-state index contributed by atoms with van der Waals surface area (Å²) < 4.78 is 4.64. The van der Waals surface area contributed by atoms with Crippen LogP contribution in [0.4, 0.5) is 0 Å². The number of fused-ring (bicyclic) bond motifs is 6. The molecule has 0 saturated carbocycles. The van der Waals surface area contributed by atoms with E-state index < -0.39 is 0 Å². The van der Waals surface area contributed by atoms with E-state index in [-0.39, 0.29) is 21.7 Å². The van der Waals surface area contributed by atoms with Crippen molar-refractivity contribution in [1.82, 2.24) is 24.1 Å². The number of aromatic nitrogens is 5. The third-order valence-electron chi connectivity index (χ3n) is 15.1. The summed E-state index contributed by atoms with van der Waals surface area (Å²) in [6, 6.07) is 62.3. The van der Waals surface area contributed by atoms with Gasteiger partial charge in [-0.15, -0.1) is 0 Å².